The number of benzene rings is 1. The van der Waals surface area contributed by atoms with Crippen molar-refractivity contribution < 1.29 is 13.5 Å². The summed E-state index contributed by atoms with van der Waals surface area (Å²) in [6, 6.07) is 5.16. The number of fused-ring (bicyclic) bond motifs is 1. The SMILES string of the molecule is COc1cnn(-c2cnn3ccc(N4CCC[C@@H]4c4cc(F)ccc4F)nc23)c1. The molecule has 0 bridgehead atoms. The third-order valence-electron chi connectivity index (χ3n) is 5.24. The van der Waals surface area contributed by atoms with E-state index in [1.54, 1.807) is 41.1 Å². The average Bonchev–Trinajstić information content (AvgIpc) is 3.47. The van der Waals surface area contributed by atoms with Crippen molar-refractivity contribution >= 4 is 11.5 Å². The summed E-state index contributed by atoms with van der Waals surface area (Å²) in [7, 11) is 1.58. The standard InChI is InChI=1S/C20H18F2N6O/c1-29-14-10-23-28(12-14)18-11-24-27-8-6-19(25-20(18)27)26-7-2-3-17(26)15-9-13(21)4-5-16(15)22/h4-6,8-12,17H,2-3,7H2,1H3/t17-/m1/s1. The highest BCUT2D eigenvalue weighted by atomic mass is 19.1. The first-order valence-corrected chi connectivity index (χ1v) is 9.29. The highest BCUT2D eigenvalue weighted by Crippen LogP contribution is 2.37. The molecule has 1 atom stereocenters. The first-order chi connectivity index (χ1) is 14.1. The maximum Gasteiger partial charge on any atom is 0.183 e. The van der Waals surface area contributed by atoms with Crippen LogP contribution in [0.5, 0.6) is 5.75 Å². The number of halogens is 2. The largest absolute Gasteiger partial charge is 0.493 e. The van der Waals surface area contributed by atoms with Gasteiger partial charge in [-0.2, -0.15) is 10.2 Å². The Labute approximate surface area is 165 Å². The molecule has 0 N–H and O–H groups in total. The van der Waals surface area contributed by atoms with Crippen molar-refractivity contribution in [2.75, 3.05) is 18.6 Å². The Morgan fingerprint density at radius 1 is 1.14 bits per heavy atom. The molecule has 9 heteroatoms. The van der Waals surface area contributed by atoms with Gasteiger partial charge in [0, 0.05) is 18.3 Å². The van der Waals surface area contributed by atoms with E-state index in [1.165, 1.54) is 12.1 Å². The lowest BCUT2D eigenvalue weighted by molar-refractivity contribution is 0.414. The van der Waals surface area contributed by atoms with Gasteiger partial charge in [-0.3, -0.25) is 0 Å². The van der Waals surface area contributed by atoms with E-state index >= 15 is 0 Å². The van der Waals surface area contributed by atoms with Crippen LogP contribution in [0.2, 0.25) is 0 Å². The van der Waals surface area contributed by atoms with Gasteiger partial charge >= 0.3 is 0 Å². The molecule has 0 radical (unpaired) electrons. The third-order valence-corrected chi connectivity index (χ3v) is 5.24. The molecule has 5 rings (SSSR count). The van der Waals surface area contributed by atoms with Crippen LogP contribution in [0.1, 0.15) is 24.4 Å². The van der Waals surface area contributed by atoms with Crippen LogP contribution in [0.3, 0.4) is 0 Å². The van der Waals surface area contributed by atoms with E-state index in [0.29, 0.717) is 35.0 Å². The average molecular weight is 396 g/mol. The molecule has 0 saturated carbocycles. The maximum atomic E-state index is 14.4. The second kappa shape index (κ2) is 6.84. The van der Waals surface area contributed by atoms with Crippen LogP contribution in [0.15, 0.2) is 49.1 Å². The van der Waals surface area contributed by atoms with E-state index in [4.69, 9.17) is 9.72 Å². The first kappa shape index (κ1) is 17.6. The van der Waals surface area contributed by atoms with E-state index in [-0.39, 0.29) is 6.04 Å². The molecule has 7 nitrogen and oxygen atoms in total. The summed E-state index contributed by atoms with van der Waals surface area (Å²) >= 11 is 0. The molecule has 148 valence electrons. The zero-order valence-corrected chi connectivity index (χ0v) is 15.7. The fourth-order valence-electron chi connectivity index (χ4n) is 3.85. The van der Waals surface area contributed by atoms with Crippen LogP contribution >= 0.6 is 0 Å². The van der Waals surface area contributed by atoms with Gasteiger partial charge in [0.25, 0.3) is 0 Å². The summed E-state index contributed by atoms with van der Waals surface area (Å²) in [5.74, 6) is 0.464. The van der Waals surface area contributed by atoms with Crippen molar-refractivity contribution in [3.8, 4) is 11.4 Å². The minimum absolute atomic E-state index is 0.267. The van der Waals surface area contributed by atoms with Gasteiger partial charge in [-0.25, -0.2) is 23.0 Å². The van der Waals surface area contributed by atoms with E-state index in [0.717, 1.165) is 18.9 Å². The lowest BCUT2D eigenvalue weighted by Crippen LogP contribution is -2.24. The number of methoxy groups -OCH3 is 1. The Kier molecular flexibility index (Phi) is 4.15. The molecule has 4 aromatic rings. The topological polar surface area (TPSA) is 60.5 Å². The fourth-order valence-corrected chi connectivity index (χ4v) is 3.85. The summed E-state index contributed by atoms with van der Waals surface area (Å²) in [4.78, 5) is 6.78. The van der Waals surface area contributed by atoms with Crippen LogP contribution in [0.25, 0.3) is 11.3 Å². The predicted molar refractivity (Wildman–Crippen MR) is 102 cm³/mol. The van der Waals surface area contributed by atoms with Crippen LogP contribution < -0.4 is 9.64 Å². The lowest BCUT2D eigenvalue weighted by atomic mass is 10.0. The molecule has 3 aromatic heterocycles. The van der Waals surface area contributed by atoms with Crippen molar-refractivity contribution in [2.45, 2.75) is 18.9 Å². The highest BCUT2D eigenvalue weighted by molar-refractivity contribution is 5.61. The molecular weight excluding hydrogens is 378 g/mol. The second-order valence-corrected chi connectivity index (χ2v) is 6.93. The molecule has 0 spiro atoms. The van der Waals surface area contributed by atoms with Crippen LogP contribution in [-0.2, 0) is 0 Å². The summed E-state index contributed by atoms with van der Waals surface area (Å²) in [5, 5.41) is 8.61. The number of nitrogens with zero attached hydrogens (tertiary/aromatic N) is 6. The Morgan fingerprint density at radius 2 is 2.03 bits per heavy atom. The summed E-state index contributed by atoms with van der Waals surface area (Å²) in [5.41, 5.74) is 1.66. The van der Waals surface area contributed by atoms with Gasteiger partial charge in [0.05, 0.1) is 31.7 Å². The smallest absolute Gasteiger partial charge is 0.183 e. The number of aromatic nitrogens is 5. The van der Waals surface area contributed by atoms with E-state index < -0.39 is 11.6 Å². The lowest BCUT2D eigenvalue weighted by Gasteiger charge is -2.26. The minimum atomic E-state index is -0.442. The molecule has 1 aliphatic rings. The molecule has 1 aliphatic heterocycles. The number of anilines is 1. The predicted octanol–water partition coefficient (Wildman–Crippen LogP) is 3.54. The molecule has 1 aromatic carbocycles. The van der Waals surface area contributed by atoms with Crippen molar-refractivity contribution in [1.29, 1.82) is 0 Å². The van der Waals surface area contributed by atoms with Gasteiger partial charge in [0.15, 0.2) is 11.4 Å². The quantitative estimate of drug-likeness (QED) is 0.528. The van der Waals surface area contributed by atoms with Crippen molar-refractivity contribution in [1.82, 2.24) is 24.4 Å². The molecule has 0 amide bonds. The number of ether oxygens (including phenoxy) is 1. The fraction of sp³-hybridized carbons (Fsp3) is 0.250. The zero-order valence-electron chi connectivity index (χ0n) is 15.7. The van der Waals surface area contributed by atoms with Gasteiger partial charge in [-0.15, -0.1) is 0 Å². The normalized spacial score (nSPS) is 16.7. The number of rotatable bonds is 4. The molecule has 1 saturated heterocycles. The Morgan fingerprint density at radius 3 is 2.86 bits per heavy atom. The Balaban J connectivity index is 1.56. The first-order valence-electron chi connectivity index (χ1n) is 9.29. The van der Waals surface area contributed by atoms with E-state index in [9.17, 15) is 8.78 Å². The van der Waals surface area contributed by atoms with Gasteiger partial charge < -0.3 is 9.64 Å². The molecule has 0 aliphatic carbocycles. The van der Waals surface area contributed by atoms with Crippen LogP contribution in [0, 0.1) is 11.6 Å². The Hall–Kier alpha value is -3.49. The second-order valence-electron chi connectivity index (χ2n) is 6.93. The van der Waals surface area contributed by atoms with Gasteiger partial charge in [0.1, 0.15) is 23.1 Å². The van der Waals surface area contributed by atoms with E-state index in [1.807, 2.05) is 11.0 Å². The number of hydrogen-bond acceptors (Lipinski definition) is 5. The van der Waals surface area contributed by atoms with Gasteiger partial charge in [0.2, 0.25) is 0 Å². The molecule has 0 unspecified atom stereocenters. The summed E-state index contributed by atoms with van der Waals surface area (Å²) in [6.45, 7) is 0.711. The van der Waals surface area contributed by atoms with Gasteiger partial charge in [-0.1, -0.05) is 0 Å². The molecule has 29 heavy (non-hydrogen) atoms. The molecule has 4 heterocycles. The van der Waals surface area contributed by atoms with Crippen molar-refractivity contribution in [3.05, 3.63) is 66.3 Å². The monoisotopic (exact) mass is 396 g/mol. The van der Waals surface area contributed by atoms with E-state index in [2.05, 4.69) is 10.2 Å². The third kappa shape index (κ3) is 2.98. The summed E-state index contributed by atoms with van der Waals surface area (Å²) in [6.07, 6.45) is 8.43. The summed E-state index contributed by atoms with van der Waals surface area (Å²) < 4.78 is 36.6. The number of hydrogen-bond donors (Lipinski definition) is 0. The molecule has 1 fully saturated rings. The van der Waals surface area contributed by atoms with Crippen LogP contribution in [0.4, 0.5) is 14.6 Å². The van der Waals surface area contributed by atoms with Crippen molar-refractivity contribution in [3.63, 3.8) is 0 Å². The minimum Gasteiger partial charge on any atom is -0.493 e. The van der Waals surface area contributed by atoms with Gasteiger partial charge in [-0.05, 0) is 37.1 Å². The maximum absolute atomic E-state index is 14.4. The zero-order chi connectivity index (χ0) is 20.0. The molecular formula is C20H18F2N6O. The van der Waals surface area contributed by atoms with Crippen molar-refractivity contribution in [2.24, 2.45) is 0 Å². The van der Waals surface area contributed by atoms with Crippen LogP contribution in [-0.4, -0.2) is 38.0 Å². The Bertz CT molecular complexity index is 1190. The highest BCUT2D eigenvalue weighted by Gasteiger charge is 2.30.